The molecule has 0 aliphatic carbocycles. The van der Waals surface area contributed by atoms with Gasteiger partial charge >= 0.3 is 0 Å². The molecule has 3 aromatic rings. The summed E-state index contributed by atoms with van der Waals surface area (Å²) in [6, 6.07) is 15.3. The minimum Gasteiger partial charge on any atom is -0.454 e. The summed E-state index contributed by atoms with van der Waals surface area (Å²) in [5.74, 6) is 2.21. The van der Waals surface area contributed by atoms with Gasteiger partial charge in [-0.05, 0) is 43.2 Å². The lowest BCUT2D eigenvalue weighted by molar-refractivity contribution is 0.0948. The van der Waals surface area contributed by atoms with Crippen LogP contribution in [0.4, 0.5) is 0 Å². The second kappa shape index (κ2) is 6.92. The van der Waals surface area contributed by atoms with Crippen LogP contribution >= 0.6 is 0 Å². The largest absolute Gasteiger partial charge is 0.454 e. The van der Waals surface area contributed by atoms with E-state index in [1.165, 1.54) is 0 Å². The highest BCUT2D eigenvalue weighted by Crippen LogP contribution is 2.32. The Kier molecular flexibility index (Phi) is 4.31. The van der Waals surface area contributed by atoms with Gasteiger partial charge in [-0.2, -0.15) is 0 Å². The van der Waals surface area contributed by atoms with E-state index in [1.807, 2.05) is 48.5 Å². The number of carbonyl (C=O) groups is 1. The van der Waals surface area contributed by atoms with Gasteiger partial charge in [-0.25, -0.2) is 4.98 Å². The van der Waals surface area contributed by atoms with E-state index in [2.05, 4.69) is 10.3 Å². The van der Waals surface area contributed by atoms with Crippen molar-refractivity contribution in [2.24, 2.45) is 0 Å². The van der Waals surface area contributed by atoms with Crippen molar-refractivity contribution in [1.29, 1.82) is 0 Å². The first kappa shape index (κ1) is 16.2. The van der Waals surface area contributed by atoms with Crippen molar-refractivity contribution < 1.29 is 18.7 Å². The summed E-state index contributed by atoms with van der Waals surface area (Å²) in [5, 5.41) is 2.89. The zero-order valence-electron chi connectivity index (χ0n) is 14.3. The molecular weight excluding hydrogens is 332 g/mol. The number of hydrogen-bond acceptors (Lipinski definition) is 5. The van der Waals surface area contributed by atoms with Crippen molar-refractivity contribution in [1.82, 2.24) is 10.3 Å². The third kappa shape index (κ3) is 3.26. The number of nitrogens with zero attached hydrogens (tertiary/aromatic N) is 1. The highest BCUT2D eigenvalue weighted by Gasteiger charge is 2.18. The second-order valence-electron chi connectivity index (χ2n) is 5.98. The molecule has 0 atom stereocenters. The summed E-state index contributed by atoms with van der Waals surface area (Å²) in [7, 11) is 0. The first-order valence-electron chi connectivity index (χ1n) is 8.40. The Morgan fingerprint density at radius 1 is 1.12 bits per heavy atom. The predicted octanol–water partition coefficient (Wildman–Crippen LogP) is 3.35. The molecule has 1 amide bonds. The number of oxazole rings is 1. The number of aromatic nitrogens is 1. The Hall–Kier alpha value is -3.28. The van der Waals surface area contributed by atoms with Crippen molar-refractivity contribution in [3.63, 3.8) is 0 Å². The SMILES string of the molecule is Cc1oc(-c2ccccc2)nc1C(=O)NCCc1ccc2c(c1)OCO2. The lowest BCUT2D eigenvalue weighted by Gasteiger charge is -2.05. The molecule has 1 aliphatic heterocycles. The maximum atomic E-state index is 12.4. The fourth-order valence-electron chi connectivity index (χ4n) is 2.81. The second-order valence-corrected chi connectivity index (χ2v) is 5.98. The average molecular weight is 350 g/mol. The van der Waals surface area contributed by atoms with Crippen LogP contribution in [0.15, 0.2) is 52.9 Å². The Balaban J connectivity index is 1.39. The third-order valence-electron chi connectivity index (χ3n) is 4.17. The summed E-state index contributed by atoms with van der Waals surface area (Å²) >= 11 is 0. The van der Waals surface area contributed by atoms with E-state index in [4.69, 9.17) is 13.9 Å². The molecule has 0 radical (unpaired) electrons. The molecule has 132 valence electrons. The molecule has 6 nitrogen and oxygen atoms in total. The van der Waals surface area contributed by atoms with Gasteiger partial charge in [0.15, 0.2) is 17.2 Å². The van der Waals surface area contributed by atoms with Gasteiger partial charge in [0, 0.05) is 12.1 Å². The van der Waals surface area contributed by atoms with Crippen LogP contribution in [0.3, 0.4) is 0 Å². The molecule has 0 spiro atoms. The van der Waals surface area contributed by atoms with Gasteiger partial charge < -0.3 is 19.2 Å². The Bertz CT molecular complexity index is 934. The number of carbonyl (C=O) groups excluding carboxylic acids is 1. The topological polar surface area (TPSA) is 73.6 Å². The maximum absolute atomic E-state index is 12.4. The predicted molar refractivity (Wildman–Crippen MR) is 95.3 cm³/mol. The number of amides is 1. The van der Waals surface area contributed by atoms with Crippen LogP contribution in [0, 0.1) is 6.92 Å². The lowest BCUT2D eigenvalue weighted by Crippen LogP contribution is -2.26. The number of fused-ring (bicyclic) bond motifs is 1. The van der Waals surface area contributed by atoms with Crippen molar-refractivity contribution >= 4 is 5.91 Å². The smallest absolute Gasteiger partial charge is 0.273 e. The van der Waals surface area contributed by atoms with Crippen molar-refractivity contribution in [2.75, 3.05) is 13.3 Å². The molecule has 2 aromatic carbocycles. The molecule has 1 aromatic heterocycles. The molecular formula is C20H18N2O4. The van der Waals surface area contributed by atoms with Crippen LogP contribution in [0.1, 0.15) is 21.8 Å². The molecule has 6 heteroatoms. The summed E-state index contributed by atoms with van der Waals surface area (Å²) in [6.07, 6.45) is 0.685. The Morgan fingerprint density at radius 2 is 1.92 bits per heavy atom. The van der Waals surface area contributed by atoms with Crippen LogP contribution in [0.25, 0.3) is 11.5 Å². The molecule has 0 bridgehead atoms. The van der Waals surface area contributed by atoms with Gasteiger partial charge in [-0.3, -0.25) is 4.79 Å². The first-order valence-corrected chi connectivity index (χ1v) is 8.40. The Morgan fingerprint density at radius 3 is 2.77 bits per heavy atom. The van der Waals surface area contributed by atoms with Gasteiger partial charge in [0.2, 0.25) is 12.7 Å². The number of rotatable bonds is 5. The number of nitrogens with one attached hydrogen (secondary N) is 1. The average Bonchev–Trinajstić information content (AvgIpc) is 3.28. The molecule has 1 N–H and O–H groups in total. The van der Waals surface area contributed by atoms with Crippen molar-refractivity contribution in [2.45, 2.75) is 13.3 Å². The van der Waals surface area contributed by atoms with Crippen LogP contribution in [0.2, 0.25) is 0 Å². The van der Waals surface area contributed by atoms with Gasteiger partial charge in [-0.1, -0.05) is 24.3 Å². The van der Waals surface area contributed by atoms with E-state index in [0.29, 0.717) is 30.3 Å². The number of ether oxygens (including phenoxy) is 2. The van der Waals surface area contributed by atoms with Crippen LogP contribution in [0.5, 0.6) is 11.5 Å². The third-order valence-corrected chi connectivity index (χ3v) is 4.17. The van der Waals surface area contributed by atoms with Gasteiger partial charge in [-0.15, -0.1) is 0 Å². The summed E-state index contributed by atoms with van der Waals surface area (Å²) in [6.45, 7) is 2.49. The molecule has 2 heterocycles. The monoisotopic (exact) mass is 350 g/mol. The molecule has 0 saturated carbocycles. The minimum absolute atomic E-state index is 0.242. The van der Waals surface area contributed by atoms with Crippen molar-refractivity contribution in [3.8, 4) is 23.0 Å². The molecule has 0 fully saturated rings. The van der Waals surface area contributed by atoms with Gasteiger partial charge in [0.25, 0.3) is 5.91 Å². The lowest BCUT2D eigenvalue weighted by atomic mass is 10.1. The van der Waals surface area contributed by atoms with Gasteiger partial charge in [0.1, 0.15) is 5.76 Å². The highest BCUT2D eigenvalue weighted by molar-refractivity contribution is 5.93. The van der Waals surface area contributed by atoms with Crippen LogP contribution in [-0.4, -0.2) is 24.2 Å². The maximum Gasteiger partial charge on any atom is 0.273 e. The van der Waals surface area contributed by atoms with E-state index in [9.17, 15) is 4.79 Å². The van der Waals surface area contributed by atoms with Crippen LogP contribution < -0.4 is 14.8 Å². The Labute approximate surface area is 150 Å². The fraction of sp³-hybridized carbons (Fsp3) is 0.200. The molecule has 0 unspecified atom stereocenters. The standard InChI is InChI=1S/C20H18N2O4/c1-13-18(22-20(26-13)15-5-3-2-4-6-15)19(23)21-10-9-14-7-8-16-17(11-14)25-12-24-16/h2-8,11H,9-10,12H2,1H3,(H,21,23). The van der Waals surface area contributed by atoms with Crippen molar-refractivity contribution in [3.05, 3.63) is 65.5 Å². The quantitative estimate of drug-likeness (QED) is 0.764. The zero-order valence-corrected chi connectivity index (χ0v) is 14.3. The minimum atomic E-state index is -0.242. The van der Waals surface area contributed by atoms with E-state index in [0.717, 1.165) is 22.6 Å². The molecule has 26 heavy (non-hydrogen) atoms. The number of aryl methyl sites for hydroxylation is 1. The highest BCUT2D eigenvalue weighted by atomic mass is 16.7. The zero-order chi connectivity index (χ0) is 17.9. The van der Waals surface area contributed by atoms with E-state index < -0.39 is 0 Å². The molecule has 0 saturated heterocycles. The fourth-order valence-corrected chi connectivity index (χ4v) is 2.81. The van der Waals surface area contributed by atoms with E-state index in [-0.39, 0.29) is 12.7 Å². The van der Waals surface area contributed by atoms with E-state index >= 15 is 0 Å². The summed E-state index contributed by atoms with van der Waals surface area (Å²) < 4.78 is 16.3. The first-order chi connectivity index (χ1) is 12.7. The molecule has 1 aliphatic rings. The van der Waals surface area contributed by atoms with Crippen LogP contribution in [-0.2, 0) is 6.42 Å². The van der Waals surface area contributed by atoms with E-state index in [1.54, 1.807) is 6.92 Å². The number of benzene rings is 2. The van der Waals surface area contributed by atoms with Gasteiger partial charge in [0.05, 0.1) is 0 Å². The number of hydrogen-bond donors (Lipinski definition) is 1. The summed E-state index contributed by atoms with van der Waals surface area (Å²) in [4.78, 5) is 16.7. The normalized spacial score (nSPS) is 12.2. The molecule has 4 rings (SSSR count). The summed E-state index contributed by atoms with van der Waals surface area (Å²) in [5.41, 5.74) is 2.22.